The van der Waals surface area contributed by atoms with Crippen molar-refractivity contribution in [3.8, 4) is 0 Å². The van der Waals surface area contributed by atoms with Crippen LogP contribution in [0, 0.1) is 5.92 Å². The standard InChI is InChI=1S/C14H22N2S/c1-4-16(9-11(2)3)10-12-6-5-7-13(8-12)14(15)17/h5-8,11H,4,9-10H2,1-3H3,(H2,15,17). The van der Waals surface area contributed by atoms with Gasteiger partial charge in [-0.1, -0.05) is 51.2 Å². The van der Waals surface area contributed by atoms with Crippen LogP contribution in [-0.2, 0) is 6.54 Å². The highest BCUT2D eigenvalue weighted by Crippen LogP contribution is 2.10. The molecule has 0 radical (unpaired) electrons. The topological polar surface area (TPSA) is 29.3 Å². The Morgan fingerprint density at radius 1 is 1.41 bits per heavy atom. The Bertz CT molecular complexity index is 374. The van der Waals surface area contributed by atoms with Crippen LogP contribution in [0.25, 0.3) is 0 Å². The molecule has 17 heavy (non-hydrogen) atoms. The van der Waals surface area contributed by atoms with E-state index >= 15 is 0 Å². The first-order valence-corrected chi connectivity index (χ1v) is 6.54. The minimum atomic E-state index is 0.471. The summed E-state index contributed by atoms with van der Waals surface area (Å²) in [6.45, 7) is 9.83. The number of rotatable bonds is 6. The summed E-state index contributed by atoms with van der Waals surface area (Å²) in [4.78, 5) is 2.90. The van der Waals surface area contributed by atoms with E-state index in [1.54, 1.807) is 0 Å². The van der Waals surface area contributed by atoms with Crippen LogP contribution >= 0.6 is 12.2 Å². The van der Waals surface area contributed by atoms with Gasteiger partial charge in [-0.3, -0.25) is 4.90 Å². The minimum absolute atomic E-state index is 0.471. The second-order valence-corrected chi connectivity index (χ2v) is 5.23. The summed E-state index contributed by atoms with van der Waals surface area (Å²) in [5, 5.41) is 0. The maximum atomic E-state index is 5.64. The first-order chi connectivity index (χ1) is 8.02. The molecule has 2 N–H and O–H groups in total. The predicted octanol–water partition coefficient (Wildman–Crippen LogP) is 2.80. The molecule has 2 nitrogen and oxygen atoms in total. The van der Waals surface area contributed by atoms with Gasteiger partial charge in [0.1, 0.15) is 4.99 Å². The molecule has 0 atom stereocenters. The van der Waals surface area contributed by atoms with Gasteiger partial charge in [-0.05, 0) is 24.1 Å². The highest BCUT2D eigenvalue weighted by atomic mass is 32.1. The van der Waals surface area contributed by atoms with Crippen LogP contribution in [-0.4, -0.2) is 23.0 Å². The monoisotopic (exact) mass is 250 g/mol. The predicted molar refractivity (Wildman–Crippen MR) is 78.1 cm³/mol. The third-order valence-corrected chi connectivity index (χ3v) is 2.92. The summed E-state index contributed by atoms with van der Waals surface area (Å²) in [5.41, 5.74) is 7.88. The van der Waals surface area contributed by atoms with Crippen LogP contribution in [0.4, 0.5) is 0 Å². The molecule has 0 saturated carbocycles. The first-order valence-electron chi connectivity index (χ1n) is 6.14. The molecule has 0 saturated heterocycles. The quantitative estimate of drug-likeness (QED) is 0.787. The molecule has 0 unspecified atom stereocenters. The van der Waals surface area contributed by atoms with Gasteiger partial charge in [0.05, 0.1) is 0 Å². The maximum Gasteiger partial charge on any atom is 0.103 e. The molecule has 0 amide bonds. The Labute approximate surface area is 110 Å². The average molecular weight is 250 g/mol. The Balaban J connectivity index is 2.72. The van der Waals surface area contributed by atoms with E-state index in [1.165, 1.54) is 5.56 Å². The first kappa shape index (κ1) is 14.1. The van der Waals surface area contributed by atoms with Gasteiger partial charge in [0.15, 0.2) is 0 Å². The van der Waals surface area contributed by atoms with Crippen molar-refractivity contribution in [1.29, 1.82) is 0 Å². The number of nitrogens with zero attached hydrogens (tertiary/aromatic N) is 1. The molecular formula is C14H22N2S. The highest BCUT2D eigenvalue weighted by Gasteiger charge is 2.06. The Morgan fingerprint density at radius 2 is 2.12 bits per heavy atom. The molecule has 0 heterocycles. The number of benzene rings is 1. The van der Waals surface area contributed by atoms with E-state index in [4.69, 9.17) is 18.0 Å². The van der Waals surface area contributed by atoms with Crippen LogP contribution in [0.15, 0.2) is 24.3 Å². The van der Waals surface area contributed by atoms with Crippen LogP contribution in [0.3, 0.4) is 0 Å². The molecule has 0 aliphatic rings. The lowest BCUT2D eigenvalue weighted by atomic mass is 10.1. The maximum absolute atomic E-state index is 5.64. The van der Waals surface area contributed by atoms with Crippen molar-refractivity contribution >= 4 is 17.2 Å². The Morgan fingerprint density at radius 3 is 2.65 bits per heavy atom. The van der Waals surface area contributed by atoms with Crippen molar-refractivity contribution in [2.75, 3.05) is 13.1 Å². The molecule has 0 aliphatic heterocycles. The third-order valence-electron chi connectivity index (χ3n) is 2.69. The summed E-state index contributed by atoms with van der Waals surface area (Å²) in [6, 6.07) is 8.20. The fourth-order valence-corrected chi connectivity index (χ4v) is 2.03. The minimum Gasteiger partial charge on any atom is -0.389 e. The van der Waals surface area contributed by atoms with Gasteiger partial charge in [0.2, 0.25) is 0 Å². The Hall–Kier alpha value is -0.930. The summed E-state index contributed by atoms with van der Waals surface area (Å²) in [6.07, 6.45) is 0. The summed E-state index contributed by atoms with van der Waals surface area (Å²) >= 11 is 5.00. The molecule has 3 heteroatoms. The second kappa shape index (κ2) is 6.72. The second-order valence-electron chi connectivity index (χ2n) is 4.79. The van der Waals surface area contributed by atoms with E-state index < -0.39 is 0 Å². The highest BCUT2D eigenvalue weighted by molar-refractivity contribution is 7.80. The van der Waals surface area contributed by atoms with E-state index in [9.17, 15) is 0 Å². The Kier molecular flexibility index (Phi) is 5.59. The van der Waals surface area contributed by atoms with E-state index in [0.717, 1.165) is 25.2 Å². The number of nitrogens with two attached hydrogens (primary N) is 1. The van der Waals surface area contributed by atoms with Crippen LogP contribution in [0.5, 0.6) is 0 Å². The zero-order valence-corrected chi connectivity index (χ0v) is 11.8. The average Bonchev–Trinajstić information content (AvgIpc) is 2.28. The van der Waals surface area contributed by atoms with Crippen LogP contribution in [0.1, 0.15) is 31.9 Å². The molecule has 0 aromatic heterocycles. The smallest absolute Gasteiger partial charge is 0.103 e. The van der Waals surface area contributed by atoms with E-state index in [2.05, 4.69) is 37.8 Å². The van der Waals surface area contributed by atoms with Crippen molar-refractivity contribution in [1.82, 2.24) is 4.90 Å². The van der Waals surface area contributed by atoms with Crippen LogP contribution in [0.2, 0.25) is 0 Å². The molecule has 0 bridgehead atoms. The lowest BCUT2D eigenvalue weighted by molar-refractivity contribution is 0.248. The summed E-state index contributed by atoms with van der Waals surface area (Å²) in [5.74, 6) is 0.689. The van der Waals surface area contributed by atoms with Gasteiger partial charge >= 0.3 is 0 Å². The normalized spacial score (nSPS) is 11.1. The lowest BCUT2D eigenvalue weighted by Crippen LogP contribution is -2.27. The molecule has 0 aliphatic carbocycles. The fourth-order valence-electron chi connectivity index (χ4n) is 1.90. The zero-order chi connectivity index (χ0) is 12.8. The molecular weight excluding hydrogens is 228 g/mol. The largest absolute Gasteiger partial charge is 0.389 e. The molecule has 0 fully saturated rings. The lowest BCUT2D eigenvalue weighted by Gasteiger charge is -2.22. The summed E-state index contributed by atoms with van der Waals surface area (Å²) < 4.78 is 0. The molecule has 1 aromatic carbocycles. The third kappa shape index (κ3) is 4.84. The van der Waals surface area contributed by atoms with Gasteiger partial charge in [-0.15, -0.1) is 0 Å². The van der Waals surface area contributed by atoms with E-state index in [0.29, 0.717) is 10.9 Å². The fraction of sp³-hybridized carbons (Fsp3) is 0.500. The van der Waals surface area contributed by atoms with Crippen LogP contribution < -0.4 is 5.73 Å². The molecule has 94 valence electrons. The van der Waals surface area contributed by atoms with Crippen molar-refractivity contribution in [3.63, 3.8) is 0 Å². The SMILES string of the molecule is CCN(Cc1cccc(C(N)=S)c1)CC(C)C. The number of hydrogen-bond donors (Lipinski definition) is 1. The van der Waals surface area contributed by atoms with Crippen molar-refractivity contribution in [3.05, 3.63) is 35.4 Å². The van der Waals surface area contributed by atoms with Crippen molar-refractivity contribution in [2.45, 2.75) is 27.3 Å². The van der Waals surface area contributed by atoms with E-state index in [1.807, 2.05) is 12.1 Å². The number of hydrogen-bond acceptors (Lipinski definition) is 2. The summed E-state index contributed by atoms with van der Waals surface area (Å²) in [7, 11) is 0. The van der Waals surface area contributed by atoms with Gasteiger partial charge in [-0.25, -0.2) is 0 Å². The van der Waals surface area contributed by atoms with Gasteiger partial charge in [0.25, 0.3) is 0 Å². The number of thiocarbonyl (C=S) groups is 1. The molecule has 1 aromatic rings. The van der Waals surface area contributed by atoms with E-state index in [-0.39, 0.29) is 0 Å². The molecule has 1 rings (SSSR count). The van der Waals surface area contributed by atoms with Gasteiger partial charge in [-0.2, -0.15) is 0 Å². The van der Waals surface area contributed by atoms with Crippen molar-refractivity contribution < 1.29 is 0 Å². The van der Waals surface area contributed by atoms with Crippen molar-refractivity contribution in [2.24, 2.45) is 11.7 Å². The zero-order valence-electron chi connectivity index (χ0n) is 10.9. The van der Waals surface area contributed by atoms with Gasteiger partial charge < -0.3 is 5.73 Å². The van der Waals surface area contributed by atoms with Gasteiger partial charge in [0, 0.05) is 18.7 Å². The molecule has 0 spiro atoms.